The first-order valence-electron chi connectivity index (χ1n) is 5.51. The minimum atomic E-state index is 0.331. The fourth-order valence-corrected chi connectivity index (χ4v) is 2.10. The summed E-state index contributed by atoms with van der Waals surface area (Å²) in [6.07, 6.45) is 1.87. The molecule has 0 spiro atoms. The molecule has 0 bridgehead atoms. The number of rotatable bonds is 2. The molecule has 0 aliphatic carbocycles. The van der Waals surface area contributed by atoms with E-state index in [0.717, 1.165) is 10.9 Å². The lowest BCUT2D eigenvalue weighted by Gasteiger charge is -2.13. The maximum absolute atomic E-state index is 9.70. The van der Waals surface area contributed by atoms with Crippen LogP contribution in [-0.4, -0.2) is 5.11 Å². The van der Waals surface area contributed by atoms with E-state index in [4.69, 9.17) is 0 Å². The average Bonchev–Trinajstić information content (AvgIpc) is 2.26. The second kappa shape index (κ2) is 4.01. The molecule has 0 amide bonds. The van der Waals surface area contributed by atoms with Crippen molar-refractivity contribution >= 4 is 16.8 Å². The summed E-state index contributed by atoms with van der Waals surface area (Å²) in [5, 5.41) is 12.0. The van der Waals surface area contributed by atoms with Crippen LogP contribution in [0.3, 0.4) is 0 Å². The molecule has 1 nitrogen and oxygen atoms in total. The van der Waals surface area contributed by atoms with E-state index < -0.39 is 0 Å². The second-order valence-electron chi connectivity index (χ2n) is 4.34. The summed E-state index contributed by atoms with van der Waals surface area (Å²) in [6.45, 7) is 8.11. The summed E-state index contributed by atoms with van der Waals surface area (Å²) in [5.41, 5.74) is 2.30. The molecular weight excluding hydrogens is 196 g/mol. The van der Waals surface area contributed by atoms with Gasteiger partial charge in [0.15, 0.2) is 0 Å². The van der Waals surface area contributed by atoms with Crippen molar-refractivity contribution in [1.82, 2.24) is 0 Å². The Morgan fingerprint density at radius 2 is 2.00 bits per heavy atom. The molecule has 1 N–H and O–H groups in total. The fourth-order valence-electron chi connectivity index (χ4n) is 2.10. The number of phenols is 1. The summed E-state index contributed by atoms with van der Waals surface area (Å²) in [4.78, 5) is 0. The minimum absolute atomic E-state index is 0.331. The summed E-state index contributed by atoms with van der Waals surface area (Å²) in [7, 11) is 0. The first-order valence-corrected chi connectivity index (χ1v) is 5.51. The summed E-state index contributed by atoms with van der Waals surface area (Å²) in [5.74, 6) is 0.716. The van der Waals surface area contributed by atoms with Crippen LogP contribution >= 0.6 is 0 Å². The molecule has 0 unspecified atom stereocenters. The number of hydrogen-bond donors (Lipinski definition) is 1. The van der Waals surface area contributed by atoms with Crippen LogP contribution in [0.1, 0.15) is 30.9 Å². The molecule has 2 aromatic carbocycles. The maximum atomic E-state index is 9.70. The van der Waals surface area contributed by atoms with Crippen LogP contribution in [0.5, 0.6) is 5.75 Å². The van der Waals surface area contributed by atoms with E-state index in [1.54, 1.807) is 6.07 Å². The number of fused-ring (bicyclic) bond motifs is 1. The largest absolute Gasteiger partial charge is 0.508 e. The van der Waals surface area contributed by atoms with Gasteiger partial charge in [0, 0.05) is 0 Å². The highest BCUT2D eigenvalue weighted by Crippen LogP contribution is 2.32. The standard InChI is InChI=1S/C15H16O/c1-4-11-6-5-7-12-8-13(16)9-14(10(2)3)15(11)12/h4-10,16H,1H2,2-3H3. The van der Waals surface area contributed by atoms with Crippen LogP contribution in [0.15, 0.2) is 36.9 Å². The lowest BCUT2D eigenvalue weighted by atomic mass is 9.92. The highest BCUT2D eigenvalue weighted by atomic mass is 16.3. The summed E-state index contributed by atoms with van der Waals surface area (Å²) < 4.78 is 0. The molecule has 0 aromatic heterocycles. The van der Waals surface area contributed by atoms with Gasteiger partial charge in [0.05, 0.1) is 0 Å². The monoisotopic (exact) mass is 212 g/mol. The lowest BCUT2D eigenvalue weighted by Crippen LogP contribution is -1.91. The maximum Gasteiger partial charge on any atom is 0.116 e. The summed E-state index contributed by atoms with van der Waals surface area (Å²) in [6, 6.07) is 9.71. The van der Waals surface area contributed by atoms with Gasteiger partial charge in [0.25, 0.3) is 0 Å². The van der Waals surface area contributed by atoms with Crippen LogP contribution in [-0.2, 0) is 0 Å². The molecule has 0 heterocycles. The third-order valence-corrected chi connectivity index (χ3v) is 2.87. The van der Waals surface area contributed by atoms with Gasteiger partial charge in [-0.3, -0.25) is 0 Å². The Balaban J connectivity index is 2.90. The minimum Gasteiger partial charge on any atom is -0.508 e. The lowest BCUT2D eigenvalue weighted by molar-refractivity contribution is 0.475. The molecule has 0 radical (unpaired) electrons. The third-order valence-electron chi connectivity index (χ3n) is 2.87. The Bertz CT molecular complexity index is 538. The van der Waals surface area contributed by atoms with E-state index in [0.29, 0.717) is 11.7 Å². The highest BCUT2D eigenvalue weighted by molar-refractivity contribution is 5.94. The second-order valence-corrected chi connectivity index (χ2v) is 4.34. The van der Waals surface area contributed by atoms with Crippen molar-refractivity contribution in [3.8, 4) is 5.75 Å². The first-order chi connectivity index (χ1) is 7.63. The van der Waals surface area contributed by atoms with Gasteiger partial charge in [-0.15, -0.1) is 0 Å². The summed E-state index contributed by atoms with van der Waals surface area (Å²) >= 11 is 0. The number of hydrogen-bond acceptors (Lipinski definition) is 1. The predicted molar refractivity (Wildman–Crippen MR) is 69.8 cm³/mol. The zero-order chi connectivity index (χ0) is 11.7. The molecule has 0 atom stereocenters. The molecule has 0 saturated carbocycles. The molecule has 82 valence electrons. The van der Waals surface area contributed by atoms with Crippen molar-refractivity contribution in [2.75, 3.05) is 0 Å². The van der Waals surface area contributed by atoms with Crippen molar-refractivity contribution in [1.29, 1.82) is 0 Å². The van der Waals surface area contributed by atoms with Crippen LogP contribution < -0.4 is 0 Å². The van der Waals surface area contributed by atoms with Crippen LogP contribution in [0.25, 0.3) is 16.8 Å². The Morgan fingerprint density at radius 1 is 1.25 bits per heavy atom. The van der Waals surface area contributed by atoms with Crippen molar-refractivity contribution in [2.45, 2.75) is 19.8 Å². The van der Waals surface area contributed by atoms with Crippen molar-refractivity contribution in [3.63, 3.8) is 0 Å². The van der Waals surface area contributed by atoms with Gasteiger partial charge in [-0.05, 0) is 39.9 Å². The SMILES string of the molecule is C=Cc1cccc2cc(O)cc(C(C)C)c12. The zero-order valence-corrected chi connectivity index (χ0v) is 9.70. The van der Waals surface area contributed by atoms with Crippen molar-refractivity contribution in [3.05, 3.63) is 48.0 Å². The Hall–Kier alpha value is -1.76. The molecule has 0 saturated heterocycles. The predicted octanol–water partition coefficient (Wildman–Crippen LogP) is 4.31. The normalized spacial score (nSPS) is 10.9. The van der Waals surface area contributed by atoms with Gasteiger partial charge in [-0.25, -0.2) is 0 Å². The van der Waals surface area contributed by atoms with E-state index in [1.165, 1.54) is 10.9 Å². The fraction of sp³-hybridized carbons (Fsp3) is 0.200. The molecule has 0 aliphatic heterocycles. The third kappa shape index (κ3) is 1.69. The molecule has 1 heteroatoms. The topological polar surface area (TPSA) is 20.2 Å². The highest BCUT2D eigenvalue weighted by Gasteiger charge is 2.09. The number of benzene rings is 2. The Labute approximate surface area is 96.0 Å². The van der Waals surface area contributed by atoms with Gasteiger partial charge >= 0.3 is 0 Å². The molecule has 0 aliphatic rings. The Morgan fingerprint density at radius 3 is 2.62 bits per heavy atom. The van der Waals surface area contributed by atoms with Crippen molar-refractivity contribution in [2.24, 2.45) is 0 Å². The molecule has 16 heavy (non-hydrogen) atoms. The van der Waals surface area contributed by atoms with Gasteiger partial charge in [-0.1, -0.05) is 44.7 Å². The van der Waals surface area contributed by atoms with E-state index >= 15 is 0 Å². The number of aromatic hydroxyl groups is 1. The first kappa shape index (κ1) is 10.7. The zero-order valence-electron chi connectivity index (χ0n) is 9.70. The van der Waals surface area contributed by atoms with Crippen molar-refractivity contribution < 1.29 is 5.11 Å². The van der Waals surface area contributed by atoms with Crippen LogP contribution in [0, 0.1) is 0 Å². The van der Waals surface area contributed by atoms with Crippen LogP contribution in [0.4, 0.5) is 0 Å². The van der Waals surface area contributed by atoms with Gasteiger partial charge < -0.3 is 5.11 Å². The van der Waals surface area contributed by atoms with Gasteiger partial charge in [0.2, 0.25) is 0 Å². The molecular formula is C15H16O. The number of phenolic OH excluding ortho intramolecular Hbond substituents is 1. The van der Waals surface area contributed by atoms with Crippen LogP contribution in [0.2, 0.25) is 0 Å². The van der Waals surface area contributed by atoms with E-state index in [-0.39, 0.29) is 0 Å². The van der Waals surface area contributed by atoms with Gasteiger partial charge in [-0.2, -0.15) is 0 Å². The molecule has 0 fully saturated rings. The van der Waals surface area contributed by atoms with Gasteiger partial charge in [0.1, 0.15) is 5.75 Å². The van der Waals surface area contributed by atoms with E-state index in [9.17, 15) is 5.11 Å². The molecule has 2 rings (SSSR count). The molecule has 2 aromatic rings. The quantitative estimate of drug-likeness (QED) is 0.786. The smallest absolute Gasteiger partial charge is 0.116 e. The Kier molecular flexibility index (Phi) is 2.69. The van der Waals surface area contributed by atoms with E-state index in [2.05, 4.69) is 26.5 Å². The average molecular weight is 212 g/mol. The van der Waals surface area contributed by atoms with E-state index in [1.807, 2.05) is 24.3 Å².